The van der Waals surface area contributed by atoms with E-state index < -0.39 is 5.97 Å². The number of hydrogen-bond donors (Lipinski definition) is 1. The first-order valence-corrected chi connectivity index (χ1v) is 4.93. The number of carbonyl (C=O) groups excluding carboxylic acids is 1. The summed E-state index contributed by atoms with van der Waals surface area (Å²) in [5, 5.41) is 10.7. The zero-order valence-corrected chi connectivity index (χ0v) is 8.52. The largest absolute Gasteiger partial charge is 0.462 e. The first-order chi connectivity index (χ1) is 7.31. The molecule has 1 aliphatic rings. The smallest absolute Gasteiger partial charge is 0.396 e. The van der Waals surface area contributed by atoms with E-state index in [4.69, 9.17) is 4.42 Å². The molecule has 1 unspecified atom stereocenters. The second-order valence-electron chi connectivity index (χ2n) is 3.48. The fraction of sp³-hybridized carbons (Fsp3) is 0.667. The summed E-state index contributed by atoms with van der Waals surface area (Å²) in [5.41, 5.74) is 0. The van der Waals surface area contributed by atoms with Gasteiger partial charge in [-0.2, -0.15) is 0 Å². The molecule has 1 atom stereocenters. The van der Waals surface area contributed by atoms with Crippen molar-refractivity contribution in [3.63, 3.8) is 0 Å². The normalized spacial score (nSPS) is 21.3. The fourth-order valence-corrected chi connectivity index (χ4v) is 1.63. The molecule has 2 rings (SSSR count). The van der Waals surface area contributed by atoms with Crippen molar-refractivity contribution in [2.24, 2.45) is 0 Å². The van der Waals surface area contributed by atoms with Gasteiger partial charge in [0.2, 0.25) is 5.89 Å². The average Bonchev–Trinajstić information content (AvgIpc) is 2.78. The molecule has 1 N–H and O–H groups in total. The van der Waals surface area contributed by atoms with Crippen LogP contribution in [0.1, 0.15) is 35.3 Å². The summed E-state index contributed by atoms with van der Waals surface area (Å²) >= 11 is 0. The lowest BCUT2D eigenvalue weighted by molar-refractivity contribution is 0.0553. The van der Waals surface area contributed by atoms with Gasteiger partial charge in [0.05, 0.1) is 7.11 Å². The molecule has 0 aliphatic carbocycles. The van der Waals surface area contributed by atoms with E-state index in [0.717, 1.165) is 25.9 Å². The second kappa shape index (κ2) is 4.39. The Labute approximate surface area is 87.0 Å². The molecule has 0 amide bonds. The molecule has 0 spiro atoms. The molecular formula is C9H13N3O3. The monoisotopic (exact) mass is 211 g/mol. The first kappa shape index (κ1) is 10.1. The quantitative estimate of drug-likeness (QED) is 0.710. The standard InChI is InChI=1S/C9H13N3O3/c1-14-9(13)8-12-11-7(15-8)6-3-2-4-10-5-6/h6,10H,2-5H2,1H3. The van der Waals surface area contributed by atoms with Gasteiger partial charge in [0.1, 0.15) is 0 Å². The van der Waals surface area contributed by atoms with Crippen molar-refractivity contribution < 1.29 is 13.9 Å². The van der Waals surface area contributed by atoms with Gasteiger partial charge in [-0.1, -0.05) is 0 Å². The van der Waals surface area contributed by atoms with Crippen LogP contribution in [0.3, 0.4) is 0 Å². The van der Waals surface area contributed by atoms with E-state index in [9.17, 15) is 4.79 Å². The SMILES string of the molecule is COC(=O)c1nnc(C2CCCNC2)o1. The molecule has 0 aromatic carbocycles. The highest BCUT2D eigenvalue weighted by Crippen LogP contribution is 2.21. The number of nitrogens with zero attached hydrogens (tertiary/aromatic N) is 2. The Morgan fingerprint density at radius 2 is 2.47 bits per heavy atom. The average molecular weight is 211 g/mol. The third-order valence-electron chi connectivity index (χ3n) is 2.45. The van der Waals surface area contributed by atoms with Gasteiger partial charge in [-0.3, -0.25) is 0 Å². The minimum absolute atomic E-state index is 0.0712. The number of esters is 1. The van der Waals surface area contributed by atoms with E-state index in [1.807, 2.05) is 0 Å². The molecular weight excluding hydrogens is 198 g/mol. The molecule has 1 aromatic heterocycles. The van der Waals surface area contributed by atoms with Crippen LogP contribution in [0, 0.1) is 0 Å². The van der Waals surface area contributed by atoms with Crippen molar-refractivity contribution in [1.29, 1.82) is 0 Å². The molecule has 2 heterocycles. The van der Waals surface area contributed by atoms with E-state index in [1.165, 1.54) is 7.11 Å². The highest BCUT2D eigenvalue weighted by molar-refractivity contribution is 5.83. The molecule has 6 nitrogen and oxygen atoms in total. The van der Waals surface area contributed by atoms with Gasteiger partial charge in [0.25, 0.3) is 0 Å². The third kappa shape index (κ3) is 2.15. The van der Waals surface area contributed by atoms with E-state index in [1.54, 1.807) is 0 Å². The highest BCUT2D eigenvalue weighted by atomic mass is 16.5. The Morgan fingerprint density at radius 1 is 1.60 bits per heavy atom. The number of aromatic nitrogens is 2. The third-order valence-corrected chi connectivity index (χ3v) is 2.45. The topological polar surface area (TPSA) is 77.2 Å². The van der Waals surface area contributed by atoms with Gasteiger partial charge < -0.3 is 14.5 Å². The Kier molecular flexibility index (Phi) is 2.96. The van der Waals surface area contributed by atoms with Gasteiger partial charge in [-0.15, -0.1) is 10.2 Å². The van der Waals surface area contributed by atoms with Crippen LogP contribution in [0.15, 0.2) is 4.42 Å². The van der Waals surface area contributed by atoms with Crippen molar-refractivity contribution in [2.45, 2.75) is 18.8 Å². The van der Waals surface area contributed by atoms with Crippen LogP contribution in [-0.2, 0) is 4.74 Å². The Balaban J connectivity index is 2.08. The lowest BCUT2D eigenvalue weighted by Gasteiger charge is -2.18. The summed E-state index contributed by atoms with van der Waals surface area (Å²) in [6, 6.07) is 0. The molecule has 1 aromatic rings. The van der Waals surface area contributed by atoms with Crippen LogP contribution < -0.4 is 5.32 Å². The van der Waals surface area contributed by atoms with Crippen LogP contribution in [0.5, 0.6) is 0 Å². The zero-order valence-electron chi connectivity index (χ0n) is 8.52. The number of ether oxygens (including phenoxy) is 1. The predicted molar refractivity (Wildman–Crippen MR) is 50.5 cm³/mol. The number of rotatable bonds is 2. The molecule has 0 saturated carbocycles. The lowest BCUT2D eigenvalue weighted by atomic mass is 10.00. The Hall–Kier alpha value is -1.43. The maximum atomic E-state index is 11.1. The Morgan fingerprint density at radius 3 is 3.13 bits per heavy atom. The fourth-order valence-electron chi connectivity index (χ4n) is 1.63. The van der Waals surface area contributed by atoms with Crippen LogP contribution in [0.2, 0.25) is 0 Å². The van der Waals surface area contributed by atoms with Crippen molar-refractivity contribution >= 4 is 5.97 Å². The minimum atomic E-state index is -0.586. The van der Waals surface area contributed by atoms with Gasteiger partial charge >= 0.3 is 11.9 Å². The van der Waals surface area contributed by atoms with E-state index in [0.29, 0.717) is 5.89 Å². The van der Waals surface area contributed by atoms with Gasteiger partial charge in [-0.25, -0.2) is 4.79 Å². The number of nitrogens with one attached hydrogen (secondary N) is 1. The van der Waals surface area contributed by atoms with Crippen LogP contribution in [-0.4, -0.2) is 36.4 Å². The van der Waals surface area contributed by atoms with Gasteiger partial charge in [-0.05, 0) is 19.4 Å². The van der Waals surface area contributed by atoms with Crippen molar-refractivity contribution in [3.8, 4) is 0 Å². The molecule has 0 radical (unpaired) electrons. The molecule has 82 valence electrons. The van der Waals surface area contributed by atoms with E-state index in [2.05, 4.69) is 20.3 Å². The van der Waals surface area contributed by atoms with Crippen LogP contribution in [0.25, 0.3) is 0 Å². The number of hydrogen-bond acceptors (Lipinski definition) is 6. The van der Waals surface area contributed by atoms with Crippen molar-refractivity contribution in [2.75, 3.05) is 20.2 Å². The summed E-state index contributed by atoms with van der Waals surface area (Å²) < 4.78 is 9.73. The summed E-state index contributed by atoms with van der Waals surface area (Å²) in [6.07, 6.45) is 2.09. The van der Waals surface area contributed by atoms with E-state index in [-0.39, 0.29) is 11.8 Å². The Bertz CT molecular complexity index is 344. The van der Waals surface area contributed by atoms with Crippen molar-refractivity contribution in [1.82, 2.24) is 15.5 Å². The van der Waals surface area contributed by atoms with Crippen LogP contribution >= 0.6 is 0 Å². The summed E-state index contributed by atoms with van der Waals surface area (Å²) in [5.74, 6) is 0.0721. The molecule has 15 heavy (non-hydrogen) atoms. The summed E-state index contributed by atoms with van der Waals surface area (Å²) in [6.45, 7) is 1.84. The first-order valence-electron chi connectivity index (χ1n) is 4.93. The summed E-state index contributed by atoms with van der Waals surface area (Å²) in [4.78, 5) is 11.1. The zero-order chi connectivity index (χ0) is 10.7. The molecule has 0 bridgehead atoms. The molecule has 6 heteroatoms. The maximum Gasteiger partial charge on any atom is 0.396 e. The van der Waals surface area contributed by atoms with Gasteiger partial charge in [0, 0.05) is 12.5 Å². The number of piperidine rings is 1. The van der Waals surface area contributed by atoms with Crippen molar-refractivity contribution in [3.05, 3.63) is 11.8 Å². The molecule has 1 aliphatic heterocycles. The lowest BCUT2D eigenvalue weighted by Crippen LogP contribution is -2.28. The minimum Gasteiger partial charge on any atom is -0.462 e. The number of methoxy groups -OCH3 is 1. The maximum absolute atomic E-state index is 11.1. The predicted octanol–water partition coefficient (Wildman–Crippen LogP) is 0.323. The van der Waals surface area contributed by atoms with Gasteiger partial charge in [0.15, 0.2) is 0 Å². The van der Waals surface area contributed by atoms with Crippen LogP contribution in [0.4, 0.5) is 0 Å². The number of carbonyl (C=O) groups is 1. The molecule has 1 saturated heterocycles. The molecule has 1 fully saturated rings. The van der Waals surface area contributed by atoms with E-state index >= 15 is 0 Å². The second-order valence-corrected chi connectivity index (χ2v) is 3.48. The summed E-state index contributed by atoms with van der Waals surface area (Å²) in [7, 11) is 1.29. The highest BCUT2D eigenvalue weighted by Gasteiger charge is 2.23.